The minimum Gasteiger partial charge on any atom is -0.368 e. The summed E-state index contributed by atoms with van der Waals surface area (Å²) >= 11 is 0. The van der Waals surface area contributed by atoms with Crippen molar-refractivity contribution in [3.05, 3.63) is 66.3 Å². The molecule has 15 heavy (non-hydrogen) atoms. The van der Waals surface area contributed by atoms with E-state index < -0.39 is 0 Å². The zero-order valence-electron chi connectivity index (χ0n) is 8.56. The second-order valence-corrected chi connectivity index (χ2v) is 3.43. The Hall–Kier alpha value is -1.83. The lowest BCUT2D eigenvalue weighted by atomic mass is 10.1. The number of pyridine rings is 1. The van der Waals surface area contributed by atoms with Crippen LogP contribution in [0.25, 0.3) is 0 Å². The summed E-state index contributed by atoms with van der Waals surface area (Å²) < 4.78 is 0. The van der Waals surface area contributed by atoms with E-state index in [4.69, 9.17) is 0 Å². The molecule has 0 radical (unpaired) electrons. The molecule has 2 heteroatoms. The van der Waals surface area contributed by atoms with Gasteiger partial charge in [0.1, 0.15) is 0 Å². The second-order valence-electron chi connectivity index (χ2n) is 3.43. The lowest BCUT2D eigenvalue weighted by molar-refractivity contribution is 0.988. The number of hydrogen-bond donors (Lipinski definition) is 1. The van der Waals surface area contributed by atoms with E-state index in [9.17, 15) is 0 Å². The number of rotatable bonds is 3. The maximum Gasteiger partial charge on any atom is 0.0270 e. The summed E-state index contributed by atoms with van der Waals surface area (Å²) in [7, 11) is 0. The van der Waals surface area contributed by atoms with Gasteiger partial charge in [-0.05, 0) is 48.3 Å². The van der Waals surface area contributed by atoms with Crippen molar-refractivity contribution < 1.29 is 0 Å². The molecule has 1 aliphatic heterocycles. The van der Waals surface area contributed by atoms with Crippen LogP contribution in [-0.2, 0) is 6.42 Å². The zero-order chi connectivity index (χ0) is 10.3. The summed E-state index contributed by atoms with van der Waals surface area (Å²) in [5.41, 5.74) is 2.60. The van der Waals surface area contributed by atoms with Gasteiger partial charge in [0.15, 0.2) is 0 Å². The molecule has 0 saturated heterocycles. The van der Waals surface area contributed by atoms with Crippen LogP contribution in [0.3, 0.4) is 0 Å². The third-order valence-corrected chi connectivity index (χ3v) is 2.31. The minimum absolute atomic E-state index is 1.06. The van der Waals surface area contributed by atoms with Gasteiger partial charge < -0.3 is 5.32 Å². The highest BCUT2D eigenvalue weighted by atomic mass is 14.8. The van der Waals surface area contributed by atoms with E-state index in [1.165, 1.54) is 11.1 Å². The topological polar surface area (TPSA) is 24.9 Å². The zero-order valence-corrected chi connectivity index (χ0v) is 8.56. The lowest BCUT2D eigenvalue weighted by Crippen LogP contribution is -1.96. The van der Waals surface area contributed by atoms with Gasteiger partial charge in [-0.25, -0.2) is 0 Å². The quantitative estimate of drug-likeness (QED) is 0.807. The van der Waals surface area contributed by atoms with Crippen molar-refractivity contribution in [1.82, 2.24) is 10.3 Å². The van der Waals surface area contributed by atoms with Crippen LogP contribution in [0.4, 0.5) is 0 Å². The normalized spacial score (nSPS) is 13.7. The Balaban J connectivity index is 1.87. The van der Waals surface area contributed by atoms with Crippen molar-refractivity contribution >= 4 is 0 Å². The first-order chi connectivity index (χ1) is 7.45. The summed E-state index contributed by atoms with van der Waals surface area (Å²) in [5.74, 6) is 0. The van der Waals surface area contributed by atoms with Crippen LogP contribution in [0.5, 0.6) is 0 Å². The van der Waals surface area contributed by atoms with Gasteiger partial charge in [0.2, 0.25) is 0 Å². The Morgan fingerprint density at radius 1 is 1.13 bits per heavy atom. The molecule has 0 unspecified atom stereocenters. The average molecular weight is 198 g/mol. The Labute approximate surface area is 90.0 Å². The Kier molecular flexibility index (Phi) is 3.34. The van der Waals surface area contributed by atoms with Crippen LogP contribution in [-0.4, -0.2) is 4.98 Å². The summed E-state index contributed by atoms with van der Waals surface area (Å²) in [6, 6.07) is 4.12. The van der Waals surface area contributed by atoms with Crippen molar-refractivity contribution in [3.63, 3.8) is 0 Å². The van der Waals surface area contributed by atoms with Crippen molar-refractivity contribution in [2.24, 2.45) is 0 Å². The second kappa shape index (κ2) is 5.15. The van der Waals surface area contributed by atoms with E-state index in [0.717, 1.165) is 12.8 Å². The van der Waals surface area contributed by atoms with Gasteiger partial charge in [0, 0.05) is 24.8 Å². The Morgan fingerprint density at radius 3 is 2.60 bits per heavy atom. The molecule has 0 amide bonds. The first kappa shape index (κ1) is 9.71. The van der Waals surface area contributed by atoms with Gasteiger partial charge in [0.25, 0.3) is 0 Å². The molecule has 1 N–H and O–H groups in total. The number of aromatic nitrogens is 1. The number of dihydropyridines is 1. The molecule has 1 aromatic rings. The number of nitrogens with zero attached hydrogens (tertiary/aromatic N) is 1. The first-order valence-corrected chi connectivity index (χ1v) is 5.13. The Morgan fingerprint density at radius 2 is 1.87 bits per heavy atom. The summed E-state index contributed by atoms with van der Waals surface area (Å²) in [5, 5.41) is 3.01. The standard InChI is InChI=1S/C13H14N2/c1(2-12-4-8-14-9-5-12)3-13-6-10-15-11-7-13/h2,4-11,14H,1,3H2. The van der Waals surface area contributed by atoms with E-state index in [1.807, 2.05) is 24.8 Å². The maximum absolute atomic E-state index is 4.00. The average Bonchev–Trinajstić information content (AvgIpc) is 2.32. The van der Waals surface area contributed by atoms with E-state index in [2.05, 4.69) is 40.7 Å². The van der Waals surface area contributed by atoms with Gasteiger partial charge in [-0.2, -0.15) is 0 Å². The predicted octanol–water partition coefficient (Wildman–Crippen LogP) is 2.57. The number of aryl methyl sites for hydroxylation is 1. The van der Waals surface area contributed by atoms with Crippen LogP contribution in [0, 0.1) is 0 Å². The fourth-order valence-electron chi connectivity index (χ4n) is 1.49. The molecule has 76 valence electrons. The van der Waals surface area contributed by atoms with Crippen molar-refractivity contribution in [1.29, 1.82) is 0 Å². The van der Waals surface area contributed by atoms with Crippen molar-refractivity contribution in [3.8, 4) is 0 Å². The molecule has 2 rings (SSSR count). The minimum atomic E-state index is 1.06. The monoisotopic (exact) mass is 198 g/mol. The summed E-state index contributed by atoms with van der Waals surface area (Å²) in [4.78, 5) is 4.00. The van der Waals surface area contributed by atoms with Crippen molar-refractivity contribution in [2.45, 2.75) is 12.8 Å². The molecule has 0 spiro atoms. The first-order valence-electron chi connectivity index (χ1n) is 5.13. The maximum atomic E-state index is 4.00. The molecule has 2 nitrogen and oxygen atoms in total. The molecule has 2 heterocycles. The van der Waals surface area contributed by atoms with Crippen LogP contribution >= 0.6 is 0 Å². The van der Waals surface area contributed by atoms with Gasteiger partial charge in [-0.1, -0.05) is 6.08 Å². The van der Waals surface area contributed by atoms with E-state index in [1.54, 1.807) is 0 Å². The van der Waals surface area contributed by atoms with E-state index in [0.29, 0.717) is 0 Å². The predicted molar refractivity (Wildman–Crippen MR) is 62.1 cm³/mol. The number of hydrogen-bond acceptors (Lipinski definition) is 2. The van der Waals surface area contributed by atoms with Gasteiger partial charge in [-0.15, -0.1) is 0 Å². The largest absolute Gasteiger partial charge is 0.368 e. The third-order valence-electron chi connectivity index (χ3n) is 2.31. The molecule has 1 aliphatic rings. The molecule has 0 atom stereocenters. The summed E-state index contributed by atoms with van der Waals surface area (Å²) in [6.45, 7) is 0. The van der Waals surface area contributed by atoms with E-state index in [-0.39, 0.29) is 0 Å². The van der Waals surface area contributed by atoms with E-state index >= 15 is 0 Å². The number of allylic oxidation sites excluding steroid dienone is 4. The summed E-state index contributed by atoms with van der Waals surface area (Å²) in [6.07, 6.45) is 16.1. The van der Waals surface area contributed by atoms with Crippen LogP contribution in [0.15, 0.2) is 60.7 Å². The fourth-order valence-corrected chi connectivity index (χ4v) is 1.49. The highest BCUT2D eigenvalue weighted by molar-refractivity contribution is 5.33. The SMILES string of the molecule is C1=CC(=CCCc2ccncc2)C=CN1. The highest BCUT2D eigenvalue weighted by Crippen LogP contribution is 2.07. The van der Waals surface area contributed by atoms with Crippen LogP contribution in [0.1, 0.15) is 12.0 Å². The molecule has 0 fully saturated rings. The number of nitrogens with one attached hydrogen (secondary N) is 1. The lowest BCUT2D eigenvalue weighted by Gasteiger charge is -2.02. The molecular weight excluding hydrogens is 184 g/mol. The van der Waals surface area contributed by atoms with Gasteiger partial charge in [0.05, 0.1) is 0 Å². The molecule has 0 aromatic carbocycles. The molecule has 0 saturated carbocycles. The fraction of sp³-hybridized carbons (Fsp3) is 0.154. The molecular formula is C13H14N2. The smallest absolute Gasteiger partial charge is 0.0270 e. The highest BCUT2D eigenvalue weighted by Gasteiger charge is 1.92. The van der Waals surface area contributed by atoms with Crippen LogP contribution < -0.4 is 5.32 Å². The van der Waals surface area contributed by atoms with Crippen LogP contribution in [0.2, 0.25) is 0 Å². The van der Waals surface area contributed by atoms with Crippen molar-refractivity contribution in [2.75, 3.05) is 0 Å². The molecule has 1 aromatic heterocycles. The molecule has 0 aliphatic carbocycles. The van der Waals surface area contributed by atoms with Gasteiger partial charge in [-0.3, -0.25) is 4.98 Å². The molecule has 0 bridgehead atoms. The third kappa shape index (κ3) is 3.09. The van der Waals surface area contributed by atoms with Gasteiger partial charge >= 0.3 is 0 Å². The Bertz CT molecular complexity index is 374.